The van der Waals surface area contributed by atoms with Crippen LogP contribution in [-0.4, -0.2) is 15.0 Å². The molecule has 24 heavy (non-hydrogen) atoms. The SMILES string of the molecule is CCC(Nc1nc(-c2cccnc2)nc2c1CNC2)c1cccs1. The van der Waals surface area contributed by atoms with Crippen LogP contribution < -0.4 is 10.6 Å². The Morgan fingerprint density at radius 1 is 1.25 bits per heavy atom. The van der Waals surface area contributed by atoms with Crippen LogP contribution in [0.2, 0.25) is 0 Å². The van der Waals surface area contributed by atoms with Gasteiger partial charge in [-0.2, -0.15) is 0 Å². The fourth-order valence-electron chi connectivity index (χ4n) is 2.94. The van der Waals surface area contributed by atoms with Crippen LogP contribution >= 0.6 is 11.3 Å². The predicted molar refractivity (Wildman–Crippen MR) is 96.8 cm³/mol. The molecule has 0 aromatic carbocycles. The summed E-state index contributed by atoms with van der Waals surface area (Å²) in [6.07, 6.45) is 4.58. The highest BCUT2D eigenvalue weighted by molar-refractivity contribution is 7.10. The standard InChI is InChI=1S/C18H19N5S/c1-2-14(16-6-4-8-24-16)21-18-13-10-20-11-15(13)22-17(23-18)12-5-3-7-19-9-12/h3-9,14,20H,2,10-11H2,1H3,(H,21,22,23). The summed E-state index contributed by atoms with van der Waals surface area (Å²) in [6.45, 7) is 3.79. The van der Waals surface area contributed by atoms with E-state index in [2.05, 4.69) is 40.1 Å². The number of pyridine rings is 1. The smallest absolute Gasteiger partial charge is 0.163 e. The van der Waals surface area contributed by atoms with Gasteiger partial charge in [0.2, 0.25) is 0 Å². The normalized spacial score (nSPS) is 14.4. The molecule has 3 aromatic heterocycles. The van der Waals surface area contributed by atoms with Crippen LogP contribution in [0.3, 0.4) is 0 Å². The molecule has 1 aliphatic heterocycles. The number of rotatable bonds is 5. The van der Waals surface area contributed by atoms with Crippen molar-refractivity contribution in [2.24, 2.45) is 0 Å². The molecule has 4 heterocycles. The van der Waals surface area contributed by atoms with Gasteiger partial charge in [0.05, 0.1) is 11.7 Å². The molecule has 1 atom stereocenters. The molecule has 1 unspecified atom stereocenters. The lowest BCUT2D eigenvalue weighted by Gasteiger charge is -2.19. The Kier molecular flexibility index (Phi) is 4.23. The van der Waals surface area contributed by atoms with E-state index >= 15 is 0 Å². The lowest BCUT2D eigenvalue weighted by Crippen LogP contribution is -2.13. The Bertz CT molecular complexity index is 817. The summed E-state index contributed by atoms with van der Waals surface area (Å²) in [6, 6.07) is 8.45. The van der Waals surface area contributed by atoms with Crippen LogP contribution in [-0.2, 0) is 13.1 Å². The van der Waals surface area contributed by atoms with Gasteiger partial charge in [0.1, 0.15) is 5.82 Å². The van der Waals surface area contributed by atoms with E-state index in [1.807, 2.05) is 18.3 Å². The first-order valence-corrected chi connectivity index (χ1v) is 9.04. The summed E-state index contributed by atoms with van der Waals surface area (Å²) < 4.78 is 0. The number of nitrogens with zero attached hydrogens (tertiary/aromatic N) is 3. The molecule has 0 fully saturated rings. The summed E-state index contributed by atoms with van der Waals surface area (Å²) in [7, 11) is 0. The number of hydrogen-bond acceptors (Lipinski definition) is 6. The van der Waals surface area contributed by atoms with Crippen LogP contribution in [0.25, 0.3) is 11.4 Å². The maximum Gasteiger partial charge on any atom is 0.163 e. The fraction of sp³-hybridized carbons (Fsp3) is 0.278. The van der Waals surface area contributed by atoms with Gasteiger partial charge in [0.25, 0.3) is 0 Å². The summed E-state index contributed by atoms with van der Waals surface area (Å²) >= 11 is 1.78. The van der Waals surface area contributed by atoms with Crippen molar-refractivity contribution in [2.75, 3.05) is 5.32 Å². The maximum absolute atomic E-state index is 4.81. The molecule has 1 aliphatic rings. The molecule has 122 valence electrons. The maximum atomic E-state index is 4.81. The monoisotopic (exact) mass is 337 g/mol. The van der Waals surface area contributed by atoms with E-state index in [-0.39, 0.29) is 6.04 Å². The van der Waals surface area contributed by atoms with Crippen molar-refractivity contribution in [1.29, 1.82) is 0 Å². The Hall–Kier alpha value is -2.31. The third-order valence-corrected chi connectivity index (χ3v) is 5.20. The highest BCUT2D eigenvalue weighted by Crippen LogP contribution is 2.30. The lowest BCUT2D eigenvalue weighted by molar-refractivity contribution is 0.747. The van der Waals surface area contributed by atoms with Crippen molar-refractivity contribution in [3.05, 3.63) is 58.2 Å². The Morgan fingerprint density at radius 2 is 2.21 bits per heavy atom. The van der Waals surface area contributed by atoms with Gasteiger partial charge in [-0.25, -0.2) is 9.97 Å². The summed E-state index contributed by atoms with van der Waals surface area (Å²) in [5.41, 5.74) is 3.20. The second-order valence-corrected chi connectivity index (χ2v) is 6.77. The zero-order chi connectivity index (χ0) is 16.4. The van der Waals surface area contributed by atoms with Crippen molar-refractivity contribution >= 4 is 17.2 Å². The van der Waals surface area contributed by atoms with Crippen molar-refractivity contribution in [3.8, 4) is 11.4 Å². The van der Waals surface area contributed by atoms with Crippen molar-refractivity contribution in [3.63, 3.8) is 0 Å². The first-order chi connectivity index (χ1) is 11.8. The van der Waals surface area contributed by atoms with Gasteiger partial charge in [-0.3, -0.25) is 4.98 Å². The van der Waals surface area contributed by atoms with Crippen LogP contribution in [0, 0.1) is 0 Å². The van der Waals surface area contributed by atoms with Crippen LogP contribution in [0.1, 0.15) is 35.5 Å². The van der Waals surface area contributed by atoms with Gasteiger partial charge in [0.15, 0.2) is 5.82 Å². The largest absolute Gasteiger partial charge is 0.362 e. The summed E-state index contributed by atoms with van der Waals surface area (Å²) in [4.78, 5) is 15.1. The van der Waals surface area contributed by atoms with E-state index in [9.17, 15) is 0 Å². The van der Waals surface area contributed by atoms with Gasteiger partial charge >= 0.3 is 0 Å². The average Bonchev–Trinajstić information content (AvgIpc) is 3.31. The molecule has 6 heteroatoms. The molecule has 0 aliphatic carbocycles. The Morgan fingerprint density at radius 3 is 2.96 bits per heavy atom. The number of aromatic nitrogens is 3. The van der Waals surface area contributed by atoms with E-state index in [4.69, 9.17) is 9.97 Å². The second-order valence-electron chi connectivity index (χ2n) is 5.79. The fourth-order valence-corrected chi connectivity index (χ4v) is 3.80. The van der Waals surface area contributed by atoms with E-state index in [0.717, 1.165) is 42.4 Å². The van der Waals surface area contributed by atoms with E-state index in [1.54, 1.807) is 17.5 Å². The minimum atomic E-state index is 0.270. The molecule has 4 rings (SSSR count). The van der Waals surface area contributed by atoms with Crippen LogP contribution in [0.5, 0.6) is 0 Å². The molecular weight excluding hydrogens is 318 g/mol. The molecular formula is C18H19N5S. The molecule has 0 radical (unpaired) electrons. The van der Waals surface area contributed by atoms with Crippen molar-refractivity contribution < 1.29 is 0 Å². The highest BCUT2D eigenvalue weighted by atomic mass is 32.1. The summed E-state index contributed by atoms with van der Waals surface area (Å²) in [5.74, 6) is 1.66. The van der Waals surface area contributed by atoms with Gasteiger partial charge in [-0.15, -0.1) is 11.3 Å². The van der Waals surface area contributed by atoms with E-state index < -0.39 is 0 Å². The minimum absolute atomic E-state index is 0.270. The summed E-state index contributed by atoms with van der Waals surface area (Å²) in [5, 5.41) is 9.14. The zero-order valence-corrected chi connectivity index (χ0v) is 14.3. The second kappa shape index (κ2) is 6.67. The van der Waals surface area contributed by atoms with Crippen molar-refractivity contribution in [1.82, 2.24) is 20.3 Å². The number of fused-ring (bicyclic) bond motifs is 1. The quantitative estimate of drug-likeness (QED) is 0.742. The number of anilines is 1. The number of hydrogen-bond donors (Lipinski definition) is 2. The van der Waals surface area contributed by atoms with Gasteiger partial charge in [0, 0.05) is 41.5 Å². The number of nitrogens with one attached hydrogen (secondary N) is 2. The van der Waals surface area contributed by atoms with Crippen LogP contribution in [0.4, 0.5) is 5.82 Å². The van der Waals surface area contributed by atoms with Crippen molar-refractivity contribution in [2.45, 2.75) is 32.5 Å². The van der Waals surface area contributed by atoms with Gasteiger partial charge in [-0.1, -0.05) is 13.0 Å². The highest BCUT2D eigenvalue weighted by Gasteiger charge is 2.22. The molecule has 0 saturated heterocycles. The lowest BCUT2D eigenvalue weighted by atomic mass is 10.1. The average molecular weight is 337 g/mol. The molecule has 0 bridgehead atoms. The third-order valence-electron chi connectivity index (χ3n) is 4.21. The first-order valence-electron chi connectivity index (χ1n) is 8.16. The zero-order valence-electron chi connectivity index (χ0n) is 13.5. The molecule has 5 nitrogen and oxygen atoms in total. The van der Waals surface area contributed by atoms with Gasteiger partial charge < -0.3 is 10.6 Å². The molecule has 3 aromatic rings. The molecule has 0 spiro atoms. The van der Waals surface area contributed by atoms with Crippen LogP contribution in [0.15, 0.2) is 42.0 Å². The van der Waals surface area contributed by atoms with E-state index in [1.165, 1.54) is 10.4 Å². The number of thiophene rings is 1. The third kappa shape index (κ3) is 2.90. The topological polar surface area (TPSA) is 62.7 Å². The predicted octanol–water partition coefficient (Wildman–Crippen LogP) is 3.77. The van der Waals surface area contributed by atoms with E-state index in [0.29, 0.717) is 0 Å². The Labute approximate surface area is 145 Å². The minimum Gasteiger partial charge on any atom is -0.362 e. The van der Waals surface area contributed by atoms with Gasteiger partial charge in [-0.05, 0) is 30.0 Å². The molecule has 0 saturated carbocycles. The first kappa shape index (κ1) is 15.2. The molecule has 0 amide bonds. The molecule has 2 N–H and O–H groups in total. The Balaban J connectivity index is 1.73.